The number of nitrogens with two attached hydrogens (primary N) is 1. The lowest BCUT2D eigenvalue weighted by Gasteiger charge is -2.16. The highest BCUT2D eigenvalue weighted by Gasteiger charge is 2.30. The summed E-state index contributed by atoms with van der Waals surface area (Å²) in [4.78, 5) is 11.6. The molecule has 0 aliphatic heterocycles. The highest BCUT2D eigenvalue weighted by Crippen LogP contribution is 2.29. The van der Waals surface area contributed by atoms with E-state index < -0.39 is 23.8 Å². The zero-order chi connectivity index (χ0) is 16.0. The monoisotopic (exact) mass is 304 g/mol. The second kappa shape index (κ2) is 6.82. The summed E-state index contributed by atoms with van der Waals surface area (Å²) in [6.45, 7) is 1.71. The lowest BCUT2D eigenvalue weighted by Crippen LogP contribution is -2.45. The molecule has 1 unspecified atom stereocenters. The summed E-state index contributed by atoms with van der Waals surface area (Å²) in [7, 11) is 0. The van der Waals surface area contributed by atoms with Gasteiger partial charge in [-0.2, -0.15) is 13.2 Å². The van der Waals surface area contributed by atoms with Crippen molar-refractivity contribution in [1.82, 2.24) is 5.32 Å². The van der Waals surface area contributed by atoms with Gasteiger partial charge in [-0.15, -0.1) is 0 Å². The quantitative estimate of drug-likeness (QED) is 0.297. The van der Waals surface area contributed by atoms with Crippen molar-refractivity contribution in [3.8, 4) is 0 Å². The predicted molar refractivity (Wildman–Crippen MR) is 71.1 cm³/mol. The fourth-order valence-corrected chi connectivity index (χ4v) is 1.52. The first-order valence-corrected chi connectivity index (χ1v) is 6.00. The van der Waals surface area contributed by atoms with Crippen molar-refractivity contribution >= 4 is 17.6 Å². The fourth-order valence-electron chi connectivity index (χ4n) is 1.52. The van der Waals surface area contributed by atoms with E-state index in [1.54, 1.807) is 6.92 Å². The number of hydrogen-bond acceptors (Lipinski definition) is 3. The molecule has 1 aromatic rings. The number of benzene rings is 1. The largest absolute Gasteiger partial charge is 0.416 e. The standard InChI is InChI=1S/C12H15F3N4O2/c1-2-9(10(16)19-21)18-11(20)17-8-5-3-7(4-6-8)12(13,14)15/h3-6,9,21H,2H2,1H3,(H2,16,19)(H2,17,18,20). The maximum absolute atomic E-state index is 12.4. The minimum atomic E-state index is -4.43. The van der Waals surface area contributed by atoms with E-state index in [0.717, 1.165) is 24.3 Å². The lowest BCUT2D eigenvalue weighted by molar-refractivity contribution is -0.137. The number of nitrogens with one attached hydrogen (secondary N) is 2. The molecule has 0 spiro atoms. The predicted octanol–water partition coefficient (Wildman–Crippen LogP) is 2.35. The molecule has 9 heteroatoms. The first-order chi connectivity index (χ1) is 9.77. The zero-order valence-corrected chi connectivity index (χ0v) is 11.1. The van der Waals surface area contributed by atoms with Crippen molar-refractivity contribution in [2.45, 2.75) is 25.6 Å². The van der Waals surface area contributed by atoms with Crippen LogP contribution >= 0.6 is 0 Å². The topological polar surface area (TPSA) is 99.7 Å². The zero-order valence-electron chi connectivity index (χ0n) is 11.1. The molecule has 2 amide bonds. The Hall–Kier alpha value is -2.45. The number of rotatable bonds is 4. The van der Waals surface area contributed by atoms with Crippen LogP contribution < -0.4 is 16.4 Å². The van der Waals surface area contributed by atoms with E-state index in [1.807, 2.05) is 0 Å². The van der Waals surface area contributed by atoms with E-state index >= 15 is 0 Å². The Morgan fingerprint density at radius 2 is 1.95 bits per heavy atom. The van der Waals surface area contributed by atoms with Crippen LogP contribution in [0.15, 0.2) is 29.4 Å². The van der Waals surface area contributed by atoms with Crippen LogP contribution in [0, 0.1) is 0 Å². The van der Waals surface area contributed by atoms with Gasteiger partial charge in [-0.1, -0.05) is 12.1 Å². The van der Waals surface area contributed by atoms with Gasteiger partial charge in [-0.05, 0) is 30.7 Å². The Kier molecular flexibility index (Phi) is 5.39. The number of carbonyl (C=O) groups is 1. The molecule has 0 fully saturated rings. The number of oxime groups is 1. The minimum absolute atomic E-state index is 0.167. The molecule has 0 aliphatic carbocycles. The summed E-state index contributed by atoms with van der Waals surface area (Å²) < 4.78 is 37.1. The Bertz CT molecular complexity index is 514. The molecule has 0 saturated heterocycles. The summed E-state index contributed by atoms with van der Waals surface area (Å²) in [5.74, 6) is -0.167. The summed E-state index contributed by atoms with van der Waals surface area (Å²) in [5, 5.41) is 16.1. The van der Waals surface area contributed by atoms with Gasteiger partial charge in [0.05, 0.1) is 11.6 Å². The van der Waals surface area contributed by atoms with Crippen LogP contribution in [0.4, 0.5) is 23.7 Å². The van der Waals surface area contributed by atoms with E-state index in [0.29, 0.717) is 6.42 Å². The molecule has 0 bridgehead atoms. The van der Waals surface area contributed by atoms with Crippen molar-refractivity contribution in [1.29, 1.82) is 0 Å². The summed E-state index contributed by atoms with van der Waals surface area (Å²) >= 11 is 0. The van der Waals surface area contributed by atoms with Crippen molar-refractivity contribution in [2.24, 2.45) is 10.9 Å². The number of urea groups is 1. The summed E-state index contributed by atoms with van der Waals surface area (Å²) in [6.07, 6.45) is -4.05. The van der Waals surface area contributed by atoms with Crippen LogP contribution in [0.3, 0.4) is 0 Å². The molecule has 116 valence electrons. The highest BCUT2D eigenvalue weighted by molar-refractivity contribution is 5.94. The smallest absolute Gasteiger partial charge is 0.409 e. The van der Waals surface area contributed by atoms with Crippen molar-refractivity contribution < 1.29 is 23.2 Å². The van der Waals surface area contributed by atoms with E-state index in [1.165, 1.54) is 0 Å². The van der Waals surface area contributed by atoms with Crippen molar-refractivity contribution in [3.63, 3.8) is 0 Å². The third-order valence-electron chi connectivity index (χ3n) is 2.66. The number of halogens is 3. The molecule has 0 aliphatic rings. The first-order valence-electron chi connectivity index (χ1n) is 6.00. The normalized spacial score (nSPS) is 13.6. The fraction of sp³-hybridized carbons (Fsp3) is 0.333. The number of amides is 2. The molecule has 0 radical (unpaired) electrons. The number of hydrogen-bond donors (Lipinski definition) is 4. The van der Waals surface area contributed by atoms with E-state index in [2.05, 4.69) is 15.8 Å². The van der Waals surface area contributed by atoms with Gasteiger partial charge in [0, 0.05) is 5.69 Å². The molecule has 1 rings (SSSR count). The maximum atomic E-state index is 12.4. The lowest BCUT2D eigenvalue weighted by atomic mass is 10.2. The number of anilines is 1. The average Bonchev–Trinajstić information content (AvgIpc) is 2.43. The van der Waals surface area contributed by atoms with Gasteiger partial charge in [-0.3, -0.25) is 0 Å². The van der Waals surface area contributed by atoms with Gasteiger partial charge in [0.15, 0.2) is 5.84 Å². The molecule has 6 nitrogen and oxygen atoms in total. The second-order valence-corrected chi connectivity index (χ2v) is 4.16. The minimum Gasteiger partial charge on any atom is -0.409 e. The molecule has 5 N–H and O–H groups in total. The van der Waals surface area contributed by atoms with Crippen LogP contribution in [-0.4, -0.2) is 23.1 Å². The maximum Gasteiger partial charge on any atom is 0.416 e. The Morgan fingerprint density at radius 3 is 2.38 bits per heavy atom. The summed E-state index contributed by atoms with van der Waals surface area (Å²) in [5.41, 5.74) is 4.75. The molecular weight excluding hydrogens is 289 g/mol. The molecular formula is C12H15F3N4O2. The second-order valence-electron chi connectivity index (χ2n) is 4.16. The van der Waals surface area contributed by atoms with Crippen LogP contribution in [0.25, 0.3) is 0 Å². The molecule has 0 aromatic heterocycles. The number of amidine groups is 1. The van der Waals surface area contributed by atoms with E-state index in [-0.39, 0.29) is 11.5 Å². The Labute approximate surface area is 118 Å². The molecule has 1 aromatic carbocycles. The van der Waals surface area contributed by atoms with Crippen LogP contribution in [0.2, 0.25) is 0 Å². The Balaban J connectivity index is 2.67. The van der Waals surface area contributed by atoms with Gasteiger partial charge >= 0.3 is 12.2 Å². The van der Waals surface area contributed by atoms with Crippen molar-refractivity contribution in [3.05, 3.63) is 29.8 Å². The van der Waals surface area contributed by atoms with E-state index in [9.17, 15) is 18.0 Å². The van der Waals surface area contributed by atoms with Crippen LogP contribution in [-0.2, 0) is 6.18 Å². The highest BCUT2D eigenvalue weighted by atomic mass is 19.4. The number of nitrogens with zero attached hydrogens (tertiary/aromatic N) is 1. The average molecular weight is 304 g/mol. The molecule has 21 heavy (non-hydrogen) atoms. The van der Waals surface area contributed by atoms with Gasteiger partial charge in [-0.25, -0.2) is 4.79 Å². The van der Waals surface area contributed by atoms with Crippen molar-refractivity contribution in [2.75, 3.05) is 5.32 Å². The first kappa shape index (κ1) is 16.6. The third-order valence-corrected chi connectivity index (χ3v) is 2.66. The third kappa shape index (κ3) is 4.86. The summed E-state index contributed by atoms with van der Waals surface area (Å²) in [6, 6.07) is 2.63. The van der Waals surface area contributed by atoms with Gasteiger partial charge < -0.3 is 21.6 Å². The van der Waals surface area contributed by atoms with Crippen LogP contribution in [0.5, 0.6) is 0 Å². The molecule has 0 saturated carbocycles. The molecule has 0 heterocycles. The van der Waals surface area contributed by atoms with Gasteiger partial charge in [0.2, 0.25) is 0 Å². The van der Waals surface area contributed by atoms with Crippen LogP contribution in [0.1, 0.15) is 18.9 Å². The SMILES string of the molecule is CCC(NC(=O)Nc1ccc(C(F)(F)F)cc1)/C(N)=N/O. The molecule has 1 atom stereocenters. The van der Waals surface area contributed by atoms with E-state index in [4.69, 9.17) is 10.9 Å². The number of alkyl halides is 3. The van der Waals surface area contributed by atoms with Gasteiger partial charge in [0.1, 0.15) is 0 Å². The Morgan fingerprint density at radius 1 is 1.38 bits per heavy atom. The number of carbonyl (C=O) groups excluding carboxylic acids is 1. The van der Waals surface area contributed by atoms with Gasteiger partial charge in [0.25, 0.3) is 0 Å².